The Balaban J connectivity index is 1.43. The zero-order valence-electron chi connectivity index (χ0n) is 19.9. The molecule has 33 heavy (non-hydrogen) atoms. The first-order valence-corrected chi connectivity index (χ1v) is 11.7. The van der Waals surface area contributed by atoms with Gasteiger partial charge in [0.2, 0.25) is 0 Å². The number of nitrogens with zero attached hydrogens (tertiary/aromatic N) is 1. The summed E-state index contributed by atoms with van der Waals surface area (Å²) >= 11 is 0. The molecule has 1 saturated carbocycles. The van der Waals surface area contributed by atoms with E-state index in [1.54, 1.807) is 12.3 Å². The molecule has 7 heteroatoms. The maximum atomic E-state index is 12.7. The summed E-state index contributed by atoms with van der Waals surface area (Å²) in [5.41, 5.74) is 8.57. The molecule has 178 valence electrons. The first kappa shape index (κ1) is 24.7. The Kier molecular flexibility index (Phi) is 8.44. The van der Waals surface area contributed by atoms with Crippen molar-refractivity contribution in [1.82, 2.24) is 15.6 Å². The van der Waals surface area contributed by atoms with Crippen LogP contribution in [0.4, 0.5) is 4.79 Å². The Bertz CT molecular complexity index is 929. The van der Waals surface area contributed by atoms with E-state index in [0.717, 1.165) is 42.5 Å². The molecule has 1 aliphatic rings. The molecule has 0 bridgehead atoms. The van der Waals surface area contributed by atoms with Gasteiger partial charge in [-0.25, -0.2) is 4.79 Å². The number of nitrogens with one attached hydrogen (secondary N) is 2. The fraction of sp³-hybridized carbons (Fsp3) is 0.500. The lowest BCUT2D eigenvalue weighted by Gasteiger charge is -2.29. The minimum atomic E-state index is -0.482. The molecule has 0 spiro atoms. The standard InChI is InChI=1S/C26H36N4O3/c1-26(2,3)33-25(32)30-17-20-6-4-19(5-7-20)16-29-24(31)22-12-13-28-23(14-22)21-10-8-18(15-27)9-11-21/h8-14,19-20H,4-7,15-17,27H2,1-3H3,(H,29,31)(H,30,32)/t19-,20-. The summed E-state index contributed by atoms with van der Waals surface area (Å²) in [6.07, 6.45) is 5.46. The predicted octanol–water partition coefficient (Wildman–Crippen LogP) is 4.27. The second-order valence-corrected chi connectivity index (χ2v) is 9.81. The summed E-state index contributed by atoms with van der Waals surface area (Å²) in [5, 5.41) is 5.96. The molecule has 1 fully saturated rings. The van der Waals surface area contributed by atoms with Gasteiger partial charge in [-0.3, -0.25) is 9.78 Å². The van der Waals surface area contributed by atoms with E-state index in [-0.39, 0.29) is 12.0 Å². The van der Waals surface area contributed by atoms with Crippen LogP contribution in [0.5, 0.6) is 0 Å². The lowest BCUT2D eigenvalue weighted by Crippen LogP contribution is -2.37. The van der Waals surface area contributed by atoms with Crippen LogP contribution in [0.15, 0.2) is 42.6 Å². The molecule has 1 heterocycles. The third-order valence-corrected chi connectivity index (χ3v) is 5.96. The smallest absolute Gasteiger partial charge is 0.407 e. The van der Waals surface area contributed by atoms with Gasteiger partial charge in [-0.2, -0.15) is 0 Å². The van der Waals surface area contributed by atoms with Crippen LogP contribution in [0.2, 0.25) is 0 Å². The van der Waals surface area contributed by atoms with Crippen molar-refractivity contribution in [3.63, 3.8) is 0 Å². The van der Waals surface area contributed by atoms with Crippen LogP contribution in [-0.4, -0.2) is 35.7 Å². The van der Waals surface area contributed by atoms with Crippen LogP contribution in [0.3, 0.4) is 0 Å². The fourth-order valence-corrected chi connectivity index (χ4v) is 4.06. The molecule has 1 aromatic heterocycles. The van der Waals surface area contributed by atoms with Crippen LogP contribution < -0.4 is 16.4 Å². The number of alkyl carbamates (subject to hydrolysis) is 1. The second kappa shape index (κ2) is 11.3. The highest BCUT2D eigenvalue weighted by molar-refractivity contribution is 5.95. The van der Waals surface area contributed by atoms with Gasteiger partial charge >= 0.3 is 6.09 Å². The fourth-order valence-electron chi connectivity index (χ4n) is 4.06. The Hall–Kier alpha value is -2.93. The molecular formula is C26H36N4O3. The van der Waals surface area contributed by atoms with Crippen LogP contribution in [0, 0.1) is 11.8 Å². The summed E-state index contributed by atoms with van der Waals surface area (Å²) in [7, 11) is 0. The summed E-state index contributed by atoms with van der Waals surface area (Å²) in [6.45, 7) is 7.38. The van der Waals surface area contributed by atoms with Crippen LogP contribution in [0.1, 0.15) is 62.4 Å². The number of benzene rings is 1. The first-order valence-electron chi connectivity index (χ1n) is 11.7. The van der Waals surface area contributed by atoms with E-state index in [9.17, 15) is 9.59 Å². The van der Waals surface area contributed by atoms with Crippen LogP contribution >= 0.6 is 0 Å². The van der Waals surface area contributed by atoms with Gasteiger partial charge < -0.3 is 21.1 Å². The van der Waals surface area contributed by atoms with Gasteiger partial charge in [-0.15, -0.1) is 0 Å². The Morgan fingerprint density at radius 2 is 1.61 bits per heavy atom. The third-order valence-electron chi connectivity index (χ3n) is 5.96. The number of hydrogen-bond donors (Lipinski definition) is 3. The van der Waals surface area contributed by atoms with Crippen molar-refractivity contribution in [2.75, 3.05) is 13.1 Å². The van der Waals surface area contributed by atoms with Gasteiger partial charge in [0.25, 0.3) is 5.91 Å². The van der Waals surface area contributed by atoms with Gasteiger partial charge in [-0.05, 0) is 76.0 Å². The summed E-state index contributed by atoms with van der Waals surface area (Å²) in [5.74, 6) is 0.834. The van der Waals surface area contributed by atoms with Gasteiger partial charge in [0.15, 0.2) is 0 Å². The molecule has 0 radical (unpaired) electrons. The molecule has 2 amide bonds. The highest BCUT2D eigenvalue weighted by Gasteiger charge is 2.23. The Morgan fingerprint density at radius 1 is 1.00 bits per heavy atom. The number of aromatic nitrogens is 1. The van der Waals surface area contributed by atoms with E-state index < -0.39 is 5.60 Å². The summed E-state index contributed by atoms with van der Waals surface area (Å²) in [4.78, 5) is 28.9. The van der Waals surface area contributed by atoms with E-state index in [1.165, 1.54) is 0 Å². The minimum absolute atomic E-state index is 0.0778. The molecule has 2 aromatic rings. The summed E-state index contributed by atoms with van der Waals surface area (Å²) in [6, 6.07) is 11.5. The maximum absolute atomic E-state index is 12.7. The normalized spacial score (nSPS) is 18.4. The van der Waals surface area contributed by atoms with Crippen LogP contribution in [0.25, 0.3) is 11.3 Å². The zero-order chi connectivity index (χ0) is 23.8. The van der Waals surface area contributed by atoms with Crippen LogP contribution in [-0.2, 0) is 11.3 Å². The molecule has 3 rings (SSSR count). The van der Waals surface area contributed by atoms with Gasteiger partial charge in [0.05, 0.1) is 5.69 Å². The van der Waals surface area contributed by atoms with E-state index in [0.29, 0.717) is 37.0 Å². The van der Waals surface area contributed by atoms with E-state index in [2.05, 4.69) is 15.6 Å². The molecule has 1 aliphatic carbocycles. The van der Waals surface area contributed by atoms with Gasteiger partial charge in [0.1, 0.15) is 5.60 Å². The van der Waals surface area contributed by atoms with E-state index in [4.69, 9.17) is 10.5 Å². The third kappa shape index (κ3) is 7.86. The number of amides is 2. The van der Waals surface area contributed by atoms with Crippen molar-refractivity contribution >= 4 is 12.0 Å². The average molecular weight is 453 g/mol. The molecule has 7 nitrogen and oxygen atoms in total. The van der Waals surface area contributed by atoms with Crippen molar-refractivity contribution in [2.24, 2.45) is 17.6 Å². The lowest BCUT2D eigenvalue weighted by molar-refractivity contribution is 0.0512. The predicted molar refractivity (Wildman–Crippen MR) is 130 cm³/mol. The molecule has 0 aliphatic heterocycles. The molecule has 1 aromatic carbocycles. The largest absolute Gasteiger partial charge is 0.444 e. The Labute approximate surface area is 196 Å². The number of nitrogens with two attached hydrogens (primary N) is 1. The quantitative estimate of drug-likeness (QED) is 0.582. The van der Waals surface area contributed by atoms with E-state index in [1.807, 2.05) is 51.1 Å². The number of ether oxygens (including phenoxy) is 1. The number of rotatable bonds is 7. The van der Waals surface area contributed by atoms with Crippen molar-refractivity contribution in [3.8, 4) is 11.3 Å². The topological polar surface area (TPSA) is 106 Å². The number of carbonyl (C=O) groups excluding carboxylic acids is 2. The van der Waals surface area contributed by atoms with Gasteiger partial charge in [-0.1, -0.05) is 24.3 Å². The van der Waals surface area contributed by atoms with E-state index >= 15 is 0 Å². The lowest BCUT2D eigenvalue weighted by atomic mass is 9.82. The summed E-state index contributed by atoms with van der Waals surface area (Å²) < 4.78 is 5.30. The number of pyridine rings is 1. The van der Waals surface area contributed by atoms with Crippen molar-refractivity contribution in [3.05, 3.63) is 53.7 Å². The molecule has 4 N–H and O–H groups in total. The molecule has 0 unspecified atom stereocenters. The molecule has 0 atom stereocenters. The minimum Gasteiger partial charge on any atom is -0.444 e. The number of carbonyl (C=O) groups is 2. The van der Waals surface area contributed by atoms with Gasteiger partial charge in [0, 0.05) is 37.0 Å². The van der Waals surface area contributed by atoms with Crippen molar-refractivity contribution < 1.29 is 14.3 Å². The average Bonchev–Trinajstić information content (AvgIpc) is 2.81. The van der Waals surface area contributed by atoms with Crippen molar-refractivity contribution in [1.29, 1.82) is 0 Å². The highest BCUT2D eigenvalue weighted by atomic mass is 16.6. The number of hydrogen-bond acceptors (Lipinski definition) is 5. The molecule has 0 saturated heterocycles. The van der Waals surface area contributed by atoms with Crippen molar-refractivity contribution in [2.45, 2.75) is 58.6 Å². The Morgan fingerprint density at radius 3 is 2.18 bits per heavy atom. The second-order valence-electron chi connectivity index (χ2n) is 9.81. The highest BCUT2D eigenvalue weighted by Crippen LogP contribution is 2.28. The first-order chi connectivity index (χ1) is 15.7. The molecular weight excluding hydrogens is 416 g/mol. The zero-order valence-corrected chi connectivity index (χ0v) is 19.9. The SMILES string of the molecule is CC(C)(C)OC(=O)NC[C@H]1CC[C@H](CNC(=O)c2ccnc(-c3ccc(CN)cc3)c2)CC1. The monoisotopic (exact) mass is 452 g/mol. The maximum Gasteiger partial charge on any atom is 0.407 e.